The number of hydrogen-bond acceptors (Lipinski definition) is 3. The highest BCUT2D eigenvalue weighted by atomic mass is 19.1. The van der Waals surface area contributed by atoms with Gasteiger partial charge >= 0.3 is 0 Å². The Kier molecular flexibility index (Phi) is 2.26. The van der Waals surface area contributed by atoms with Crippen molar-refractivity contribution in [2.75, 3.05) is 5.73 Å². The zero-order chi connectivity index (χ0) is 14.6. The number of anilines is 1. The molecule has 4 rings (SSSR count). The van der Waals surface area contributed by atoms with Crippen LogP contribution in [0.1, 0.15) is 0 Å². The van der Waals surface area contributed by atoms with Crippen molar-refractivity contribution < 1.29 is 8.78 Å². The monoisotopic (exact) mass is 285 g/mol. The number of aromatic amines is 2. The molecule has 0 aliphatic heterocycles. The summed E-state index contributed by atoms with van der Waals surface area (Å²) in [7, 11) is 0. The van der Waals surface area contributed by atoms with Crippen molar-refractivity contribution in [3.05, 3.63) is 42.5 Å². The second-order valence-corrected chi connectivity index (χ2v) is 4.71. The van der Waals surface area contributed by atoms with Crippen molar-refractivity contribution in [2.24, 2.45) is 0 Å². The summed E-state index contributed by atoms with van der Waals surface area (Å²) in [6, 6.07) is 2.87. The van der Waals surface area contributed by atoms with Gasteiger partial charge in [-0.25, -0.2) is 18.7 Å². The SMILES string of the molecule is Nc1cc(-c2c[nH]c3ncc(F)cc23)c2[nH]cnc2c1F. The summed E-state index contributed by atoms with van der Waals surface area (Å²) in [6.45, 7) is 0. The smallest absolute Gasteiger partial charge is 0.173 e. The zero-order valence-corrected chi connectivity index (χ0v) is 10.6. The fourth-order valence-corrected chi connectivity index (χ4v) is 2.51. The predicted octanol–water partition coefficient (Wildman–Crippen LogP) is 2.97. The predicted molar refractivity (Wildman–Crippen MR) is 75.5 cm³/mol. The second-order valence-electron chi connectivity index (χ2n) is 4.71. The highest BCUT2D eigenvalue weighted by molar-refractivity contribution is 6.03. The molecular formula is C14H9F2N5. The molecule has 5 nitrogen and oxygen atoms in total. The fraction of sp³-hybridized carbons (Fsp3) is 0. The lowest BCUT2D eigenvalue weighted by atomic mass is 10.0. The number of imidazole rings is 1. The van der Waals surface area contributed by atoms with Crippen molar-refractivity contribution in [1.29, 1.82) is 0 Å². The van der Waals surface area contributed by atoms with E-state index in [9.17, 15) is 8.78 Å². The lowest BCUT2D eigenvalue weighted by Crippen LogP contribution is -1.93. The minimum Gasteiger partial charge on any atom is -0.396 e. The van der Waals surface area contributed by atoms with Crippen molar-refractivity contribution in [3.8, 4) is 11.1 Å². The Morgan fingerprint density at radius 1 is 1.05 bits per heavy atom. The van der Waals surface area contributed by atoms with Crippen LogP contribution in [0.3, 0.4) is 0 Å². The van der Waals surface area contributed by atoms with Crippen LogP contribution in [-0.2, 0) is 0 Å². The van der Waals surface area contributed by atoms with E-state index in [4.69, 9.17) is 5.73 Å². The van der Waals surface area contributed by atoms with E-state index in [2.05, 4.69) is 19.9 Å². The summed E-state index contributed by atoms with van der Waals surface area (Å²) in [4.78, 5) is 13.8. The van der Waals surface area contributed by atoms with Crippen LogP contribution in [0.15, 0.2) is 30.9 Å². The van der Waals surface area contributed by atoms with Gasteiger partial charge in [0.1, 0.15) is 17.0 Å². The molecule has 0 aliphatic rings. The van der Waals surface area contributed by atoms with Gasteiger partial charge in [-0.1, -0.05) is 0 Å². The maximum atomic E-state index is 13.9. The molecule has 104 valence electrons. The number of nitrogens with one attached hydrogen (secondary N) is 2. The van der Waals surface area contributed by atoms with Gasteiger partial charge in [-0.05, 0) is 12.1 Å². The molecule has 0 amide bonds. The van der Waals surface area contributed by atoms with Gasteiger partial charge in [-0.3, -0.25) is 0 Å². The van der Waals surface area contributed by atoms with Crippen LogP contribution in [0.2, 0.25) is 0 Å². The molecule has 0 unspecified atom stereocenters. The summed E-state index contributed by atoms with van der Waals surface area (Å²) in [5.74, 6) is -1.02. The number of halogens is 2. The molecule has 7 heteroatoms. The van der Waals surface area contributed by atoms with E-state index < -0.39 is 11.6 Å². The number of benzene rings is 1. The molecular weight excluding hydrogens is 276 g/mol. The normalized spacial score (nSPS) is 11.5. The molecule has 0 radical (unpaired) electrons. The Morgan fingerprint density at radius 3 is 2.76 bits per heavy atom. The standard InChI is InChI=1S/C14H9F2N5/c15-6-1-8-9(4-19-14(8)18-3-6)7-2-10(17)11(16)13-12(7)20-5-21-13/h1-5H,17H2,(H,18,19)(H,20,21). The Morgan fingerprint density at radius 2 is 1.90 bits per heavy atom. The number of aromatic nitrogens is 4. The Hall–Kier alpha value is -2.96. The third-order valence-corrected chi connectivity index (χ3v) is 3.46. The van der Waals surface area contributed by atoms with Gasteiger partial charge in [0.15, 0.2) is 5.82 Å². The minimum absolute atomic E-state index is 0.0108. The van der Waals surface area contributed by atoms with Gasteiger partial charge in [0, 0.05) is 22.7 Å². The molecule has 0 saturated heterocycles. The van der Waals surface area contributed by atoms with Crippen molar-refractivity contribution >= 4 is 27.8 Å². The first-order valence-corrected chi connectivity index (χ1v) is 6.19. The number of fused-ring (bicyclic) bond motifs is 2. The molecule has 0 atom stereocenters. The molecule has 0 spiro atoms. The van der Waals surface area contributed by atoms with E-state index in [1.54, 1.807) is 6.20 Å². The minimum atomic E-state index is -0.570. The highest BCUT2D eigenvalue weighted by Crippen LogP contribution is 2.35. The Bertz CT molecular complexity index is 986. The van der Waals surface area contributed by atoms with Gasteiger partial charge in [-0.2, -0.15) is 0 Å². The third kappa shape index (κ3) is 1.60. The van der Waals surface area contributed by atoms with Crippen LogP contribution < -0.4 is 5.73 Å². The van der Waals surface area contributed by atoms with E-state index in [0.717, 1.165) is 6.20 Å². The maximum absolute atomic E-state index is 13.9. The van der Waals surface area contributed by atoms with Crippen molar-refractivity contribution in [2.45, 2.75) is 0 Å². The molecule has 1 aromatic carbocycles. The first-order chi connectivity index (χ1) is 10.1. The maximum Gasteiger partial charge on any atom is 0.173 e. The summed E-state index contributed by atoms with van der Waals surface area (Å²) in [5, 5.41) is 0.594. The second kappa shape index (κ2) is 4.02. The summed E-state index contributed by atoms with van der Waals surface area (Å²) in [5.41, 5.74) is 8.21. The van der Waals surface area contributed by atoms with Crippen LogP contribution >= 0.6 is 0 Å². The van der Waals surface area contributed by atoms with E-state index in [1.807, 2.05) is 0 Å². The lowest BCUT2D eigenvalue weighted by molar-refractivity contribution is 0.624. The summed E-state index contributed by atoms with van der Waals surface area (Å²) >= 11 is 0. The van der Waals surface area contributed by atoms with Crippen LogP contribution in [0.25, 0.3) is 33.2 Å². The van der Waals surface area contributed by atoms with Crippen LogP contribution in [0.5, 0.6) is 0 Å². The van der Waals surface area contributed by atoms with E-state index in [-0.39, 0.29) is 11.2 Å². The number of pyridine rings is 1. The van der Waals surface area contributed by atoms with Gasteiger partial charge in [-0.15, -0.1) is 0 Å². The lowest BCUT2D eigenvalue weighted by Gasteiger charge is -2.05. The number of nitrogen functional groups attached to an aromatic ring is 1. The van der Waals surface area contributed by atoms with Crippen LogP contribution in [0.4, 0.5) is 14.5 Å². The molecule has 0 fully saturated rings. The van der Waals surface area contributed by atoms with Crippen molar-refractivity contribution in [3.63, 3.8) is 0 Å². The number of H-pyrrole nitrogens is 2. The largest absolute Gasteiger partial charge is 0.396 e. The summed E-state index contributed by atoms with van der Waals surface area (Å²) in [6.07, 6.45) is 4.21. The molecule has 3 aromatic heterocycles. The molecule has 4 aromatic rings. The van der Waals surface area contributed by atoms with E-state index in [1.165, 1.54) is 18.5 Å². The molecule has 0 saturated carbocycles. The Labute approximate surface area is 116 Å². The molecule has 0 aliphatic carbocycles. The quantitative estimate of drug-likeness (QED) is 0.470. The first kappa shape index (κ1) is 11.8. The topological polar surface area (TPSA) is 83.4 Å². The van der Waals surface area contributed by atoms with Crippen molar-refractivity contribution in [1.82, 2.24) is 19.9 Å². The number of nitrogens with two attached hydrogens (primary N) is 1. The first-order valence-electron chi connectivity index (χ1n) is 6.19. The number of rotatable bonds is 1. The Balaban J connectivity index is 2.11. The van der Waals surface area contributed by atoms with E-state index in [0.29, 0.717) is 27.7 Å². The zero-order valence-electron chi connectivity index (χ0n) is 10.6. The van der Waals surface area contributed by atoms with Crippen LogP contribution in [-0.4, -0.2) is 19.9 Å². The number of nitrogens with zero attached hydrogens (tertiary/aromatic N) is 2. The summed E-state index contributed by atoms with van der Waals surface area (Å²) < 4.78 is 27.4. The van der Waals surface area contributed by atoms with Gasteiger partial charge in [0.2, 0.25) is 0 Å². The van der Waals surface area contributed by atoms with Gasteiger partial charge in [0.25, 0.3) is 0 Å². The highest BCUT2D eigenvalue weighted by Gasteiger charge is 2.17. The van der Waals surface area contributed by atoms with Crippen LogP contribution in [0, 0.1) is 11.6 Å². The molecule has 3 heterocycles. The van der Waals surface area contributed by atoms with E-state index >= 15 is 0 Å². The molecule has 21 heavy (non-hydrogen) atoms. The molecule has 4 N–H and O–H groups in total. The van der Waals surface area contributed by atoms with Gasteiger partial charge < -0.3 is 15.7 Å². The number of hydrogen-bond donors (Lipinski definition) is 3. The van der Waals surface area contributed by atoms with Gasteiger partial charge in [0.05, 0.1) is 23.7 Å². The third-order valence-electron chi connectivity index (χ3n) is 3.46. The molecule has 0 bridgehead atoms. The average Bonchev–Trinajstić information content (AvgIpc) is 3.09. The average molecular weight is 285 g/mol. The fourth-order valence-electron chi connectivity index (χ4n) is 2.51.